The van der Waals surface area contributed by atoms with E-state index in [0.717, 1.165) is 46.9 Å². The predicted molar refractivity (Wildman–Crippen MR) is 144 cm³/mol. The molecule has 5 rings (SSSR count). The molecule has 3 heterocycles. The molecule has 0 saturated carbocycles. The van der Waals surface area contributed by atoms with Crippen LogP contribution in [0.4, 0.5) is 4.39 Å². The Morgan fingerprint density at radius 3 is 2.49 bits per heavy atom. The lowest BCUT2D eigenvalue weighted by atomic mass is 9.95. The van der Waals surface area contributed by atoms with Gasteiger partial charge in [-0.05, 0) is 73.6 Å². The number of hydrogen-bond donors (Lipinski definition) is 5. The van der Waals surface area contributed by atoms with Gasteiger partial charge in [0.25, 0.3) is 5.91 Å². The molecule has 6 N–H and O–H groups in total. The molecular formula is C27H28FN3O7S. The van der Waals surface area contributed by atoms with Crippen LogP contribution < -0.4 is 10.5 Å². The summed E-state index contributed by atoms with van der Waals surface area (Å²) in [5.74, 6) is -3.28. The zero-order chi connectivity index (χ0) is 28.1. The number of halogens is 1. The molecule has 2 aromatic heterocycles. The minimum atomic E-state index is -1.82. The second kappa shape index (κ2) is 12.2. The fraction of sp³-hybridized carbons (Fsp3) is 0.296. The molecule has 1 amide bonds. The third-order valence-electron chi connectivity index (χ3n) is 6.46. The van der Waals surface area contributed by atoms with Crippen LogP contribution in [-0.4, -0.2) is 75.4 Å². The average Bonchev–Trinajstić information content (AvgIpc) is 3.53. The van der Waals surface area contributed by atoms with Crippen LogP contribution >= 0.6 is 11.3 Å². The third kappa shape index (κ3) is 7.11. The number of rotatable bonds is 7. The number of thiophene rings is 1. The molecule has 0 spiro atoms. The highest BCUT2D eigenvalue weighted by molar-refractivity contribution is 7.19. The molecule has 12 heteroatoms. The van der Waals surface area contributed by atoms with Crippen molar-refractivity contribution in [2.45, 2.75) is 24.9 Å². The van der Waals surface area contributed by atoms with Gasteiger partial charge in [-0.25, -0.2) is 14.0 Å². The van der Waals surface area contributed by atoms with E-state index in [4.69, 9.17) is 30.3 Å². The van der Waals surface area contributed by atoms with E-state index in [1.807, 2.05) is 24.3 Å². The number of ether oxygens (including phenoxy) is 1. The molecule has 1 aliphatic rings. The van der Waals surface area contributed by atoms with Gasteiger partial charge in [-0.2, -0.15) is 0 Å². The highest BCUT2D eigenvalue weighted by Crippen LogP contribution is 2.36. The zero-order valence-corrected chi connectivity index (χ0v) is 21.6. The number of benzene rings is 2. The maximum Gasteiger partial charge on any atom is 0.414 e. The Bertz CT molecular complexity index is 1480. The second-order valence-corrected chi connectivity index (χ2v) is 10.4. The van der Waals surface area contributed by atoms with Crippen molar-refractivity contribution in [3.8, 4) is 5.75 Å². The Kier molecular flexibility index (Phi) is 8.79. The van der Waals surface area contributed by atoms with Crippen LogP contribution in [0.1, 0.15) is 34.1 Å². The average molecular weight is 558 g/mol. The lowest BCUT2D eigenvalue weighted by Crippen LogP contribution is -2.40. The van der Waals surface area contributed by atoms with Crippen molar-refractivity contribution < 1.29 is 38.8 Å². The molecule has 0 radical (unpaired) electrons. The minimum Gasteiger partial charge on any atom is -0.490 e. The standard InChI is InChI=1S/C25H26FN3O3S.C2H2O4/c26-17-5-4-16-10-23(33-24(16)11-17)15-6-8-29(9-7-15)13-18(30)14-32-22-3-1-2-20-19(22)12-21(28-20)25(27)31;3-1(4)2(5)6/h1-5,10-12,15,18,28,30H,6-9,13-14H2,(H2,27,31);(H,3,4)(H,5,6)/t18-;/m0./s1. The fourth-order valence-corrected chi connectivity index (χ4v) is 5.81. The number of piperidine rings is 1. The summed E-state index contributed by atoms with van der Waals surface area (Å²) in [5, 5.41) is 27.2. The van der Waals surface area contributed by atoms with E-state index in [9.17, 15) is 14.3 Å². The number of aromatic nitrogens is 1. The van der Waals surface area contributed by atoms with Crippen LogP contribution in [0.2, 0.25) is 0 Å². The number of nitrogens with two attached hydrogens (primary N) is 1. The maximum absolute atomic E-state index is 13.5. The lowest BCUT2D eigenvalue weighted by molar-refractivity contribution is -0.159. The molecule has 206 valence electrons. The minimum absolute atomic E-state index is 0.165. The van der Waals surface area contributed by atoms with E-state index >= 15 is 0 Å². The molecule has 0 unspecified atom stereocenters. The van der Waals surface area contributed by atoms with Crippen molar-refractivity contribution in [3.05, 3.63) is 64.9 Å². The smallest absolute Gasteiger partial charge is 0.414 e. The Balaban J connectivity index is 0.000000531. The highest BCUT2D eigenvalue weighted by atomic mass is 32.1. The van der Waals surface area contributed by atoms with E-state index in [1.54, 1.807) is 23.5 Å². The number of aliphatic hydroxyl groups is 1. The van der Waals surface area contributed by atoms with Gasteiger partial charge in [0.05, 0.1) is 0 Å². The van der Waals surface area contributed by atoms with Gasteiger partial charge in [-0.1, -0.05) is 12.1 Å². The normalized spacial score (nSPS) is 15.0. The number of likely N-dealkylation sites (tertiary alicyclic amines) is 1. The monoisotopic (exact) mass is 557 g/mol. The Labute approximate surface area is 226 Å². The number of hydrogen-bond acceptors (Lipinski definition) is 7. The number of β-amino-alcohol motifs (C(OH)–C–C–N with tert-alkyl or cyclic N) is 1. The lowest BCUT2D eigenvalue weighted by Gasteiger charge is -2.32. The summed E-state index contributed by atoms with van der Waals surface area (Å²) in [6.45, 7) is 2.51. The summed E-state index contributed by atoms with van der Waals surface area (Å²) in [6, 6.07) is 14.3. The van der Waals surface area contributed by atoms with Crippen molar-refractivity contribution in [1.29, 1.82) is 0 Å². The van der Waals surface area contributed by atoms with Gasteiger partial charge in [0.1, 0.15) is 30.0 Å². The van der Waals surface area contributed by atoms with Crippen LogP contribution in [0, 0.1) is 5.82 Å². The number of amides is 1. The highest BCUT2D eigenvalue weighted by Gasteiger charge is 2.24. The summed E-state index contributed by atoms with van der Waals surface area (Å²) in [6.07, 6.45) is 1.40. The number of carbonyl (C=O) groups excluding carboxylic acids is 1. The number of aliphatic hydroxyl groups excluding tert-OH is 1. The van der Waals surface area contributed by atoms with Crippen LogP contribution in [0.5, 0.6) is 5.75 Å². The van der Waals surface area contributed by atoms with Crippen molar-refractivity contribution in [2.75, 3.05) is 26.2 Å². The number of nitrogens with zero attached hydrogens (tertiary/aromatic N) is 1. The van der Waals surface area contributed by atoms with Crippen LogP contribution in [-0.2, 0) is 9.59 Å². The maximum atomic E-state index is 13.5. The molecule has 1 fully saturated rings. The van der Waals surface area contributed by atoms with E-state index in [-0.39, 0.29) is 12.4 Å². The first-order valence-corrected chi connectivity index (χ1v) is 13.0. The Hall–Kier alpha value is -4.00. The van der Waals surface area contributed by atoms with Gasteiger partial charge < -0.3 is 35.7 Å². The summed E-state index contributed by atoms with van der Waals surface area (Å²) < 4.78 is 20.4. The molecular weight excluding hydrogens is 529 g/mol. The summed E-state index contributed by atoms with van der Waals surface area (Å²) in [4.78, 5) is 36.2. The Morgan fingerprint density at radius 1 is 1.10 bits per heavy atom. The molecule has 1 saturated heterocycles. The predicted octanol–water partition coefficient (Wildman–Crippen LogP) is 3.40. The van der Waals surface area contributed by atoms with Crippen molar-refractivity contribution in [2.24, 2.45) is 5.73 Å². The number of H-pyrrole nitrogens is 1. The first-order valence-electron chi connectivity index (χ1n) is 12.2. The number of primary amides is 1. The molecule has 1 atom stereocenters. The van der Waals surface area contributed by atoms with Crippen molar-refractivity contribution >= 4 is 50.2 Å². The van der Waals surface area contributed by atoms with Crippen LogP contribution in [0.25, 0.3) is 21.0 Å². The van der Waals surface area contributed by atoms with Gasteiger partial charge in [0.15, 0.2) is 0 Å². The molecule has 10 nitrogen and oxygen atoms in total. The largest absolute Gasteiger partial charge is 0.490 e. The number of aliphatic carboxylic acids is 2. The topological polar surface area (TPSA) is 166 Å². The number of carboxylic acids is 2. The van der Waals surface area contributed by atoms with Crippen molar-refractivity contribution in [1.82, 2.24) is 9.88 Å². The molecule has 4 aromatic rings. The number of aromatic amines is 1. The fourth-order valence-electron chi connectivity index (χ4n) is 4.55. The number of carboxylic acid groups (broad SMARTS) is 2. The Morgan fingerprint density at radius 2 is 1.82 bits per heavy atom. The SMILES string of the molecule is NC(=O)c1cc2c(OC[C@@H](O)CN3CCC(c4cc5ccc(F)cc5s4)CC3)cccc2[nH]1.O=C(O)C(=O)O. The number of fused-ring (bicyclic) bond motifs is 2. The van der Waals surface area contributed by atoms with Gasteiger partial charge >= 0.3 is 11.9 Å². The van der Waals surface area contributed by atoms with Crippen LogP contribution in [0.15, 0.2) is 48.5 Å². The van der Waals surface area contributed by atoms with E-state index in [2.05, 4.69) is 16.0 Å². The van der Waals surface area contributed by atoms with Gasteiger partial charge in [-0.15, -0.1) is 11.3 Å². The molecule has 1 aliphatic heterocycles. The van der Waals surface area contributed by atoms with E-state index < -0.39 is 23.9 Å². The first-order chi connectivity index (χ1) is 18.6. The second-order valence-electron chi connectivity index (χ2n) is 9.25. The summed E-state index contributed by atoms with van der Waals surface area (Å²) in [5.41, 5.74) is 6.45. The van der Waals surface area contributed by atoms with E-state index in [1.165, 1.54) is 10.9 Å². The zero-order valence-electron chi connectivity index (χ0n) is 20.8. The van der Waals surface area contributed by atoms with Gasteiger partial charge in [0.2, 0.25) is 0 Å². The molecule has 0 bridgehead atoms. The van der Waals surface area contributed by atoms with Gasteiger partial charge in [0, 0.05) is 27.0 Å². The molecule has 39 heavy (non-hydrogen) atoms. The first kappa shape index (κ1) is 28.0. The van der Waals surface area contributed by atoms with Crippen molar-refractivity contribution in [3.63, 3.8) is 0 Å². The molecule has 0 aliphatic carbocycles. The third-order valence-corrected chi connectivity index (χ3v) is 7.72. The van der Waals surface area contributed by atoms with Gasteiger partial charge in [-0.3, -0.25) is 4.79 Å². The number of nitrogens with one attached hydrogen (secondary N) is 1. The summed E-state index contributed by atoms with van der Waals surface area (Å²) in [7, 11) is 0. The number of carbonyl (C=O) groups is 3. The van der Waals surface area contributed by atoms with E-state index in [0.29, 0.717) is 23.9 Å². The quantitative estimate of drug-likeness (QED) is 0.216. The molecule has 2 aromatic carbocycles. The van der Waals surface area contributed by atoms with Crippen LogP contribution in [0.3, 0.4) is 0 Å². The summed E-state index contributed by atoms with van der Waals surface area (Å²) >= 11 is 1.68.